The highest BCUT2D eigenvalue weighted by molar-refractivity contribution is 5.73. The van der Waals surface area contributed by atoms with Gasteiger partial charge in [-0.15, -0.1) is 0 Å². The molecule has 0 radical (unpaired) electrons. The van der Waals surface area contributed by atoms with Gasteiger partial charge in [0, 0.05) is 0 Å². The third-order valence-electron chi connectivity index (χ3n) is 1.18. The third-order valence-corrected chi connectivity index (χ3v) is 1.18. The van der Waals surface area contributed by atoms with Gasteiger partial charge in [0.15, 0.2) is 6.29 Å². The van der Waals surface area contributed by atoms with Crippen molar-refractivity contribution in [1.82, 2.24) is 9.97 Å². The molecule has 0 atom stereocenters. The highest BCUT2D eigenvalue weighted by Gasteiger charge is 2.03. The van der Waals surface area contributed by atoms with Crippen LogP contribution in [0.25, 0.3) is 0 Å². The fourth-order valence-electron chi connectivity index (χ4n) is 0.667. The maximum atomic E-state index is 10.3. The van der Waals surface area contributed by atoms with Gasteiger partial charge in [-0.25, -0.2) is 14.8 Å². The number of nitrogens with one attached hydrogen (secondary N) is 1. The Hall–Kier alpha value is -1.20. The Morgan fingerprint density at radius 3 is 3.27 bits per heavy atom. The zero-order chi connectivity index (χ0) is 8.10. The number of H-pyrrole nitrogens is 1. The molecule has 11 heavy (non-hydrogen) atoms. The Labute approximate surface area is 63.3 Å². The molecule has 0 saturated heterocycles. The first-order valence-corrected chi connectivity index (χ1v) is 3.01. The number of carbonyl (C=O) groups is 1. The molecule has 0 aliphatic rings. The van der Waals surface area contributed by atoms with Crippen LogP contribution >= 0.6 is 0 Å². The Morgan fingerprint density at radius 2 is 2.64 bits per heavy atom. The molecule has 5 heteroatoms. The van der Waals surface area contributed by atoms with Gasteiger partial charge < -0.3 is 4.98 Å². The van der Waals surface area contributed by atoms with Gasteiger partial charge in [0.25, 0.3) is 0 Å². The van der Waals surface area contributed by atoms with Crippen molar-refractivity contribution >= 4 is 6.29 Å². The smallest absolute Gasteiger partial charge is 0.170 e. The van der Waals surface area contributed by atoms with E-state index in [1.54, 1.807) is 0 Å². The molecule has 0 aromatic carbocycles. The van der Waals surface area contributed by atoms with Gasteiger partial charge in [0.2, 0.25) is 0 Å². The maximum absolute atomic E-state index is 10.3. The van der Waals surface area contributed by atoms with Crippen LogP contribution in [0.4, 0.5) is 0 Å². The molecule has 0 unspecified atom stereocenters. The number of aromatic amines is 1. The zero-order valence-electron chi connectivity index (χ0n) is 6.03. The van der Waals surface area contributed by atoms with Gasteiger partial charge >= 0.3 is 0 Å². The first kappa shape index (κ1) is 7.90. The number of hydrogen-bond acceptors (Lipinski definition) is 4. The summed E-state index contributed by atoms with van der Waals surface area (Å²) >= 11 is 0. The van der Waals surface area contributed by atoms with Crippen LogP contribution in [0.1, 0.15) is 16.2 Å². The van der Waals surface area contributed by atoms with Crippen LogP contribution in [-0.2, 0) is 16.4 Å². The fourth-order valence-corrected chi connectivity index (χ4v) is 0.667. The van der Waals surface area contributed by atoms with E-state index >= 15 is 0 Å². The summed E-state index contributed by atoms with van der Waals surface area (Å²) in [5.74, 6) is 0. The highest BCUT2D eigenvalue weighted by atomic mass is 17.2. The van der Waals surface area contributed by atoms with Gasteiger partial charge in [0.05, 0.1) is 19.1 Å². The van der Waals surface area contributed by atoms with Gasteiger partial charge in [-0.2, -0.15) is 0 Å². The molecule has 60 valence electrons. The molecule has 0 aliphatic heterocycles. The number of hydrogen-bond donors (Lipinski definition) is 1. The summed E-state index contributed by atoms with van der Waals surface area (Å²) in [5.41, 5.74) is 0.962. The van der Waals surface area contributed by atoms with Gasteiger partial charge in [-0.05, 0) is 0 Å². The van der Waals surface area contributed by atoms with Crippen LogP contribution in [0, 0.1) is 0 Å². The number of imidazole rings is 1. The molecule has 0 amide bonds. The number of aromatic nitrogens is 2. The lowest BCUT2D eigenvalue weighted by Gasteiger charge is -1.96. The van der Waals surface area contributed by atoms with Crippen molar-refractivity contribution in [1.29, 1.82) is 0 Å². The first-order chi connectivity index (χ1) is 5.38. The Morgan fingerprint density at radius 1 is 1.82 bits per heavy atom. The van der Waals surface area contributed by atoms with Gasteiger partial charge in [-0.1, -0.05) is 0 Å². The van der Waals surface area contributed by atoms with Crippen LogP contribution < -0.4 is 0 Å². The number of carbonyl (C=O) groups excluding carboxylic acids is 1. The van der Waals surface area contributed by atoms with E-state index in [0.29, 0.717) is 17.7 Å². The monoisotopic (exact) mass is 156 g/mol. The molecule has 1 heterocycles. The summed E-state index contributed by atoms with van der Waals surface area (Å²) in [5, 5.41) is 0. The van der Waals surface area contributed by atoms with E-state index in [1.165, 1.54) is 13.4 Å². The van der Waals surface area contributed by atoms with Crippen LogP contribution in [-0.4, -0.2) is 23.4 Å². The summed E-state index contributed by atoms with van der Waals surface area (Å²) in [7, 11) is 1.40. The van der Waals surface area contributed by atoms with E-state index < -0.39 is 0 Å². The summed E-state index contributed by atoms with van der Waals surface area (Å²) in [6, 6.07) is 0. The minimum absolute atomic E-state index is 0.199. The number of nitrogens with zero attached hydrogens (tertiary/aromatic N) is 1. The largest absolute Gasteiger partial charge is 0.346 e. The zero-order valence-corrected chi connectivity index (χ0v) is 6.03. The van der Waals surface area contributed by atoms with E-state index in [-0.39, 0.29) is 6.61 Å². The molecule has 0 spiro atoms. The van der Waals surface area contributed by atoms with E-state index in [9.17, 15) is 4.79 Å². The van der Waals surface area contributed by atoms with Crippen molar-refractivity contribution in [3.63, 3.8) is 0 Å². The maximum Gasteiger partial charge on any atom is 0.170 e. The SMILES string of the molecule is COOCc1[nH]cnc1C=O. The topological polar surface area (TPSA) is 64.2 Å². The minimum Gasteiger partial charge on any atom is -0.346 e. The van der Waals surface area contributed by atoms with Crippen LogP contribution in [0.5, 0.6) is 0 Å². The van der Waals surface area contributed by atoms with Crippen molar-refractivity contribution < 1.29 is 14.6 Å². The summed E-state index contributed by atoms with van der Waals surface area (Å²) in [4.78, 5) is 25.7. The Bertz CT molecular complexity index is 233. The van der Waals surface area contributed by atoms with Crippen LogP contribution in [0.2, 0.25) is 0 Å². The molecule has 1 aromatic heterocycles. The lowest BCUT2D eigenvalue weighted by Crippen LogP contribution is -1.95. The Balaban J connectivity index is 2.61. The normalized spacial score (nSPS) is 9.91. The lowest BCUT2D eigenvalue weighted by molar-refractivity contribution is -0.282. The summed E-state index contributed by atoms with van der Waals surface area (Å²) in [6.07, 6.45) is 2.09. The second-order valence-corrected chi connectivity index (χ2v) is 1.81. The predicted octanol–water partition coefficient (Wildman–Crippen LogP) is 0.300. The minimum atomic E-state index is 0.199. The molecule has 0 bridgehead atoms. The predicted molar refractivity (Wildman–Crippen MR) is 35.8 cm³/mol. The fraction of sp³-hybridized carbons (Fsp3) is 0.333. The molecule has 5 nitrogen and oxygen atoms in total. The molecule has 0 aliphatic carbocycles. The standard InChI is InChI=1S/C6H8N2O3/c1-10-11-3-6-5(2-9)7-4-8-6/h2,4H,3H2,1H3,(H,7,8). The quantitative estimate of drug-likeness (QED) is 0.387. The van der Waals surface area contributed by atoms with Crippen molar-refractivity contribution in [3.8, 4) is 0 Å². The van der Waals surface area contributed by atoms with Crippen molar-refractivity contribution in [2.75, 3.05) is 7.11 Å². The molecule has 1 aromatic rings. The van der Waals surface area contributed by atoms with Gasteiger partial charge in [0.1, 0.15) is 12.3 Å². The molecule has 0 fully saturated rings. The molecule has 1 N–H and O–H groups in total. The van der Waals surface area contributed by atoms with E-state index in [2.05, 4.69) is 19.7 Å². The molecular formula is C6H8N2O3. The number of aldehydes is 1. The molecule has 0 saturated carbocycles. The summed E-state index contributed by atoms with van der Waals surface area (Å²) < 4.78 is 0. The molecular weight excluding hydrogens is 148 g/mol. The van der Waals surface area contributed by atoms with Crippen LogP contribution in [0.3, 0.4) is 0 Å². The van der Waals surface area contributed by atoms with E-state index in [1.807, 2.05) is 0 Å². The average Bonchev–Trinajstić information content (AvgIpc) is 2.47. The van der Waals surface area contributed by atoms with Crippen molar-refractivity contribution in [2.24, 2.45) is 0 Å². The molecule has 1 rings (SSSR count). The lowest BCUT2D eigenvalue weighted by atomic mass is 10.4. The second kappa shape index (κ2) is 3.85. The van der Waals surface area contributed by atoms with E-state index in [0.717, 1.165) is 0 Å². The third kappa shape index (κ3) is 1.86. The Kier molecular flexibility index (Phi) is 2.76. The summed E-state index contributed by atoms with van der Waals surface area (Å²) in [6.45, 7) is 0.199. The number of rotatable bonds is 4. The highest BCUT2D eigenvalue weighted by Crippen LogP contribution is 2.00. The van der Waals surface area contributed by atoms with E-state index in [4.69, 9.17) is 0 Å². The van der Waals surface area contributed by atoms with Crippen molar-refractivity contribution in [3.05, 3.63) is 17.7 Å². The first-order valence-electron chi connectivity index (χ1n) is 3.01. The van der Waals surface area contributed by atoms with Crippen LogP contribution in [0.15, 0.2) is 6.33 Å². The second-order valence-electron chi connectivity index (χ2n) is 1.81. The van der Waals surface area contributed by atoms with Gasteiger partial charge in [-0.3, -0.25) is 4.79 Å². The van der Waals surface area contributed by atoms with Crippen molar-refractivity contribution in [2.45, 2.75) is 6.61 Å². The average molecular weight is 156 g/mol.